The van der Waals surface area contributed by atoms with Crippen LogP contribution in [0.2, 0.25) is 0 Å². The predicted octanol–water partition coefficient (Wildman–Crippen LogP) is 1.65. The van der Waals surface area contributed by atoms with Gasteiger partial charge in [0.15, 0.2) is 0 Å². The molecule has 0 atom stereocenters. The van der Waals surface area contributed by atoms with Crippen molar-refractivity contribution in [2.45, 2.75) is 51.5 Å². The van der Waals surface area contributed by atoms with E-state index in [1.807, 2.05) is 0 Å². The summed E-state index contributed by atoms with van der Waals surface area (Å²) in [7, 11) is 0. The number of nitrogens with zero attached hydrogens (tertiary/aromatic N) is 1. The SMILES string of the molecule is CCCC1CCC(n2c(N)cc(=O)[nH]c2=O)CC1. The topological polar surface area (TPSA) is 80.9 Å². The number of aromatic amines is 1. The molecule has 0 aliphatic heterocycles. The quantitative estimate of drug-likeness (QED) is 0.857. The molecule has 1 heterocycles. The lowest BCUT2D eigenvalue weighted by atomic mass is 9.83. The summed E-state index contributed by atoms with van der Waals surface area (Å²) in [6.45, 7) is 2.20. The second kappa shape index (κ2) is 5.42. The average molecular weight is 251 g/mol. The van der Waals surface area contributed by atoms with Gasteiger partial charge in [-0.25, -0.2) is 4.79 Å². The van der Waals surface area contributed by atoms with Crippen molar-refractivity contribution in [3.8, 4) is 0 Å². The van der Waals surface area contributed by atoms with Gasteiger partial charge in [-0.2, -0.15) is 0 Å². The van der Waals surface area contributed by atoms with E-state index in [0.29, 0.717) is 0 Å². The minimum absolute atomic E-state index is 0.141. The molecular formula is C13H21N3O2. The van der Waals surface area contributed by atoms with Crippen LogP contribution in [0.1, 0.15) is 51.5 Å². The summed E-state index contributed by atoms with van der Waals surface area (Å²) in [5.74, 6) is 1.06. The number of nitrogen functional groups attached to an aromatic ring is 1. The minimum Gasteiger partial charge on any atom is -0.385 e. The van der Waals surface area contributed by atoms with Crippen LogP contribution in [0.3, 0.4) is 0 Å². The molecule has 1 fully saturated rings. The van der Waals surface area contributed by atoms with Gasteiger partial charge in [0.25, 0.3) is 5.56 Å². The number of hydrogen-bond donors (Lipinski definition) is 2. The van der Waals surface area contributed by atoms with Crippen molar-refractivity contribution in [3.63, 3.8) is 0 Å². The van der Waals surface area contributed by atoms with Crippen LogP contribution in [0, 0.1) is 5.92 Å². The van der Waals surface area contributed by atoms with E-state index >= 15 is 0 Å². The van der Waals surface area contributed by atoms with Crippen LogP contribution >= 0.6 is 0 Å². The normalized spacial score (nSPS) is 24.1. The summed E-state index contributed by atoms with van der Waals surface area (Å²) >= 11 is 0. The third kappa shape index (κ3) is 2.66. The first-order valence-corrected chi connectivity index (χ1v) is 6.73. The van der Waals surface area contributed by atoms with Crippen molar-refractivity contribution < 1.29 is 0 Å². The second-order valence-electron chi connectivity index (χ2n) is 5.20. The maximum absolute atomic E-state index is 11.8. The molecule has 1 aromatic heterocycles. The van der Waals surface area contributed by atoms with Crippen LogP contribution in [0.5, 0.6) is 0 Å². The van der Waals surface area contributed by atoms with E-state index in [-0.39, 0.29) is 17.5 Å². The van der Waals surface area contributed by atoms with E-state index in [2.05, 4.69) is 11.9 Å². The van der Waals surface area contributed by atoms with Gasteiger partial charge in [-0.1, -0.05) is 19.8 Å². The Bertz CT molecular complexity index is 510. The van der Waals surface area contributed by atoms with Gasteiger partial charge in [-0.05, 0) is 31.6 Å². The van der Waals surface area contributed by atoms with Crippen molar-refractivity contribution in [1.29, 1.82) is 0 Å². The largest absolute Gasteiger partial charge is 0.385 e. The van der Waals surface area contributed by atoms with E-state index in [9.17, 15) is 9.59 Å². The van der Waals surface area contributed by atoms with Gasteiger partial charge in [-0.3, -0.25) is 14.3 Å². The molecular weight excluding hydrogens is 230 g/mol. The molecule has 0 amide bonds. The van der Waals surface area contributed by atoms with E-state index in [4.69, 9.17) is 5.73 Å². The first kappa shape index (κ1) is 12.9. The Morgan fingerprint density at radius 3 is 2.56 bits per heavy atom. The van der Waals surface area contributed by atoms with Gasteiger partial charge >= 0.3 is 5.69 Å². The predicted molar refractivity (Wildman–Crippen MR) is 71.6 cm³/mol. The van der Waals surface area contributed by atoms with Crippen molar-refractivity contribution in [2.75, 3.05) is 5.73 Å². The van der Waals surface area contributed by atoms with Crippen LogP contribution in [0.25, 0.3) is 0 Å². The summed E-state index contributed by atoms with van der Waals surface area (Å²) in [4.78, 5) is 25.2. The van der Waals surface area contributed by atoms with Crippen LogP contribution in [0.15, 0.2) is 15.7 Å². The van der Waals surface area contributed by atoms with Gasteiger partial charge in [-0.15, -0.1) is 0 Å². The molecule has 1 aromatic rings. The van der Waals surface area contributed by atoms with Crippen LogP contribution < -0.4 is 17.0 Å². The Morgan fingerprint density at radius 2 is 2.00 bits per heavy atom. The maximum atomic E-state index is 11.8. The van der Waals surface area contributed by atoms with Crippen molar-refractivity contribution >= 4 is 5.82 Å². The number of anilines is 1. The first-order valence-electron chi connectivity index (χ1n) is 6.73. The zero-order valence-electron chi connectivity index (χ0n) is 10.8. The Labute approximate surface area is 106 Å². The van der Waals surface area contributed by atoms with E-state index in [1.54, 1.807) is 4.57 Å². The molecule has 18 heavy (non-hydrogen) atoms. The van der Waals surface area contributed by atoms with Gasteiger partial charge < -0.3 is 5.73 Å². The van der Waals surface area contributed by atoms with Crippen LogP contribution in [-0.4, -0.2) is 9.55 Å². The molecule has 5 nitrogen and oxygen atoms in total. The zero-order valence-corrected chi connectivity index (χ0v) is 10.8. The summed E-state index contributed by atoms with van der Waals surface area (Å²) in [6.07, 6.45) is 6.72. The molecule has 0 bridgehead atoms. The summed E-state index contributed by atoms with van der Waals surface area (Å²) in [5, 5.41) is 0. The molecule has 2 rings (SSSR count). The van der Waals surface area contributed by atoms with E-state index in [1.165, 1.54) is 18.9 Å². The Hall–Kier alpha value is -1.52. The summed E-state index contributed by atoms with van der Waals surface area (Å²) in [6, 6.07) is 1.43. The first-order chi connectivity index (χ1) is 8.61. The number of nitrogens with two attached hydrogens (primary N) is 1. The van der Waals surface area contributed by atoms with E-state index < -0.39 is 5.56 Å². The summed E-state index contributed by atoms with van der Waals surface area (Å²) in [5.41, 5.74) is 4.99. The lowest BCUT2D eigenvalue weighted by Crippen LogP contribution is -2.35. The molecule has 5 heteroatoms. The Balaban J connectivity index is 2.15. The lowest BCUT2D eigenvalue weighted by molar-refractivity contribution is 0.259. The van der Waals surface area contributed by atoms with Crippen molar-refractivity contribution in [3.05, 3.63) is 26.9 Å². The van der Waals surface area contributed by atoms with Crippen LogP contribution in [-0.2, 0) is 0 Å². The number of hydrogen-bond acceptors (Lipinski definition) is 3. The smallest absolute Gasteiger partial charge is 0.330 e. The third-order valence-electron chi connectivity index (χ3n) is 3.88. The number of H-pyrrole nitrogens is 1. The molecule has 1 aliphatic rings. The maximum Gasteiger partial charge on any atom is 0.330 e. The molecule has 1 saturated carbocycles. The fourth-order valence-electron chi connectivity index (χ4n) is 3.00. The number of rotatable bonds is 3. The highest BCUT2D eigenvalue weighted by molar-refractivity contribution is 5.27. The van der Waals surface area contributed by atoms with Gasteiger partial charge in [0, 0.05) is 12.1 Å². The van der Waals surface area contributed by atoms with Gasteiger partial charge in [0.1, 0.15) is 5.82 Å². The Morgan fingerprint density at radius 1 is 1.33 bits per heavy atom. The zero-order chi connectivity index (χ0) is 13.1. The van der Waals surface area contributed by atoms with Crippen molar-refractivity contribution in [1.82, 2.24) is 9.55 Å². The standard InChI is InChI=1S/C13H21N3O2/c1-2-3-9-4-6-10(7-5-9)16-11(14)8-12(17)15-13(16)18/h8-10H,2-7,14H2,1H3,(H,15,17,18). The molecule has 0 unspecified atom stereocenters. The molecule has 0 saturated heterocycles. The lowest BCUT2D eigenvalue weighted by Gasteiger charge is -2.30. The van der Waals surface area contributed by atoms with E-state index in [0.717, 1.165) is 31.6 Å². The molecule has 0 spiro atoms. The summed E-state index contributed by atoms with van der Waals surface area (Å²) < 4.78 is 1.55. The van der Waals surface area contributed by atoms with Gasteiger partial charge in [0.2, 0.25) is 0 Å². The minimum atomic E-state index is -0.423. The fourth-order valence-corrected chi connectivity index (χ4v) is 3.00. The second-order valence-corrected chi connectivity index (χ2v) is 5.20. The molecule has 100 valence electrons. The number of aromatic nitrogens is 2. The fraction of sp³-hybridized carbons (Fsp3) is 0.692. The van der Waals surface area contributed by atoms with Crippen molar-refractivity contribution in [2.24, 2.45) is 5.92 Å². The Kier molecular flexibility index (Phi) is 3.89. The average Bonchev–Trinajstić information content (AvgIpc) is 2.30. The third-order valence-corrected chi connectivity index (χ3v) is 3.88. The molecule has 3 N–H and O–H groups in total. The highest BCUT2D eigenvalue weighted by Gasteiger charge is 2.23. The number of nitrogens with one attached hydrogen (secondary N) is 1. The van der Waals surface area contributed by atoms with Gasteiger partial charge in [0.05, 0.1) is 0 Å². The molecule has 1 aliphatic carbocycles. The molecule has 0 aromatic carbocycles. The highest BCUT2D eigenvalue weighted by Crippen LogP contribution is 2.34. The molecule has 0 radical (unpaired) electrons. The van der Waals surface area contributed by atoms with Crippen LogP contribution in [0.4, 0.5) is 5.82 Å². The highest BCUT2D eigenvalue weighted by atomic mass is 16.2. The monoisotopic (exact) mass is 251 g/mol.